The number of anilines is 1. The third kappa shape index (κ3) is 4.16. The molecule has 2 aromatic rings. The van der Waals surface area contributed by atoms with E-state index in [1.54, 1.807) is 18.5 Å². The molecule has 1 N–H and O–H groups in total. The lowest BCUT2D eigenvalue weighted by Gasteiger charge is -2.05. The van der Waals surface area contributed by atoms with E-state index < -0.39 is 11.6 Å². The fourth-order valence-electron chi connectivity index (χ4n) is 1.50. The van der Waals surface area contributed by atoms with Crippen LogP contribution in [-0.4, -0.2) is 16.5 Å². The lowest BCUT2D eigenvalue weighted by Crippen LogP contribution is -2.02. The van der Waals surface area contributed by atoms with Gasteiger partial charge in [0.05, 0.1) is 18.1 Å². The van der Waals surface area contributed by atoms with E-state index in [4.69, 9.17) is 0 Å². The Morgan fingerprint density at radius 2 is 2.00 bits per heavy atom. The van der Waals surface area contributed by atoms with E-state index in [-0.39, 0.29) is 0 Å². The van der Waals surface area contributed by atoms with Gasteiger partial charge >= 0.3 is 0 Å². The maximum absolute atomic E-state index is 13.1. The van der Waals surface area contributed by atoms with Gasteiger partial charge in [-0.05, 0) is 24.6 Å². The van der Waals surface area contributed by atoms with Crippen molar-refractivity contribution in [3.05, 3.63) is 47.9 Å². The van der Waals surface area contributed by atoms with Crippen LogP contribution in [0, 0.1) is 11.6 Å². The van der Waals surface area contributed by atoms with Crippen LogP contribution in [0.25, 0.3) is 0 Å². The highest BCUT2D eigenvalue weighted by Gasteiger charge is 2.04. The van der Waals surface area contributed by atoms with E-state index in [2.05, 4.69) is 22.2 Å². The topological polar surface area (TPSA) is 37.8 Å². The van der Waals surface area contributed by atoms with E-state index >= 15 is 0 Å². The molecule has 1 aromatic carbocycles. The third-order valence-corrected chi connectivity index (χ3v) is 3.57. The summed E-state index contributed by atoms with van der Waals surface area (Å²) in [5.74, 6) is -0.360. The number of aromatic nitrogens is 2. The highest BCUT2D eigenvalue weighted by atomic mass is 32.2. The van der Waals surface area contributed by atoms with Gasteiger partial charge in [0.1, 0.15) is 5.82 Å². The molecule has 0 unspecified atom stereocenters. The van der Waals surface area contributed by atoms with Gasteiger partial charge in [-0.15, -0.1) is 11.8 Å². The van der Waals surface area contributed by atoms with E-state index in [1.165, 1.54) is 17.8 Å². The highest BCUT2D eigenvalue weighted by Crippen LogP contribution is 2.23. The summed E-state index contributed by atoms with van der Waals surface area (Å²) >= 11 is 1.39. The quantitative estimate of drug-likeness (QED) is 0.821. The molecule has 0 aliphatic heterocycles. The lowest BCUT2D eigenvalue weighted by atomic mass is 10.3. The monoisotopic (exact) mass is 295 g/mol. The van der Waals surface area contributed by atoms with Crippen molar-refractivity contribution in [2.75, 3.05) is 11.9 Å². The Hall–Kier alpha value is -1.69. The zero-order valence-corrected chi connectivity index (χ0v) is 11.9. The molecule has 20 heavy (non-hydrogen) atoms. The van der Waals surface area contributed by atoms with Gasteiger partial charge in [0.2, 0.25) is 0 Å². The molecule has 3 nitrogen and oxygen atoms in total. The summed E-state index contributed by atoms with van der Waals surface area (Å²) in [7, 11) is 0. The van der Waals surface area contributed by atoms with Crippen LogP contribution < -0.4 is 5.32 Å². The van der Waals surface area contributed by atoms with Gasteiger partial charge in [0.15, 0.2) is 11.6 Å². The fourth-order valence-corrected chi connectivity index (χ4v) is 2.31. The minimum atomic E-state index is -0.833. The number of hydrogen-bond acceptors (Lipinski definition) is 4. The first-order valence-electron chi connectivity index (χ1n) is 6.31. The number of rotatable bonds is 6. The number of halogens is 2. The van der Waals surface area contributed by atoms with Crippen LogP contribution >= 0.6 is 11.8 Å². The SMILES string of the molecule is CCCNc1cnc(CSc2ccc(F)c(F)c2)cn1. The molecular weight excluding hydrogens is 280 g/mol. The molecular formula is C14H15F2N3S. The molecule has 1 aromatic heterocycles. The fraction of sp³-hybridized carbons (Fsp3) is 0.286. The van der Waals surface area contributed by atoms with Gasteiger partial charge in [-0.2, -0.15) is 0 Å². The average molecular weight is 295 g/mol. The predicted molar refractivity (Wildman–Crippen MR) is 76.7 cm³/mol. The van der Waals surface area contributed by atoms with Gasteiger partial charge in [0, 0.05) is 17.2 Å². The van der Waals surface area contributed by atoms with Crippen molar-refractivity contribution >= 4 is 17.6 Å². The van der Waals surface area contributed by atoms with Crippen molar-refractivity contribution in [3.63, 3.8) is 0 Å². The van der Waals surface area contributed by atoms with Gasteiger partial charge in [-0.1, -0.05) is 6.92 Å². The summed E-state index contributed by atoms with van der Waals surface area (Å²) in [4.78, 5) is 9.18. The minimum Gasteiger partial charge on any atom is -0.369 e. The first-order valence-corrected chi connectivity index (χ1v) is 7.30. The molecule has 0 fully saturated rings. The number of hydrogen-bond donors (Lipinski definition) is 1. The molecule has 6 heteroatoms. The number of nitrogens with zero attached hydrogens (tertiary/aromatic N) is 2. The molecule has 0 aliphatic carbocycles. The molecule has 2 rings (SSSR count). The van der Waals surface area contributed by atoms with Crippen LogP contribution in [0.5, 0.6) is 0 Å². The van der Waals surface area contributed by atoms with Crippen LogP contribution in [0.4, 0.5) is 14.6 Å². The Morgan fingerprint density at radius 3 is 2.65 bits per heavy atom. The lowest BCUT2D eigenvalue weighted by molar-refractivity contribution is 0.506. The van der Waals surface area contributed by atoms with Gasteiger partial charge in [0.25, 0.3) is 0 Å². The van der Waals surface area contributed by atoms with Crippen LogP contribution in [0.15, 0.2) is 35.5 Å². The molecule has 0 saturated heterocycles. The second kappa shape index (κ2) is 7.19. The van der Waals surface area contributed by atoms with Gasteiger partial charge in [-0.25, -0.2) is 13.8 Å². The zero-order chi connectivity index (χ0) is 14.4. The second-order valence-electron chi connectivity index (χ2n) is 4.18. The van der Waals surface area contributed by atoms with E-state index in [0.29, 0.717) is 10.6 Å². The second-order valence-corrected chi connectivity index (χ2v) is 5.23. The average Bonchev–Trinajstić information content (AvgIpc) is 2.47. The van der Waals surface area contributed by atoms with Gasteiger partial charge in [-0.3, -0.25) is 4.98 Å². The number of thioether (sulfide) groups is 1. The van der Waals surface area contributed by atoms with E-state index in [9.17, 15) is 8.78 Å². The Bertz CT molecular complexity index is 561. The minimum absolute atomic E-state index is 0.562. The maximum atomic E-state index is 13.1. The zero-order valence-electron chi connectivity index (χ0n) is 11.1. The van der Waals surface area contributed by atoms with Crippen LogP contribution in [0.1, 0.15) is 19.0 Å². The molecule has 0 amide bonds. The van der Waals surface area contributed by atoms with Crippen molar-refractivity contribution in [2.45, 2.75) is 24.0 Å². The molecule has 0 atom stereocenters. The summed E-state index contributed by atoms with van der Waals surface area (Å²) in [5.41, 5.74) is 0.793. The summed E-state index contributed by atoms with van der Waals surface area (Å²) < 4.78 is 25.8. The first kappa shape index (κ1) is 14.7. The summed E-state index contributed by atoms with van der Waals surface area (Å²) in [5, 5.41) is 3.14. The highest BCUT2D eigenvalue weighted by molar-refractivity contribution is 7.98. The molecule has 0 bridgehead atoms. The Morgan fingerprint density at radius 1 is 1.15 bits per heavy atom. The summed E-state index contributed by atoms with van der Waals surface area (Å²) in [6, 6.07) is 3.86. The van der Waals surface area contributed by atoms with Crippen molar-refractivity contribution < 1.29 is 8.78 Å². The molecule has 0 aliphatic rings. The normalized spacial score (nSPS) is 10.6. The maximum Gasteiger partial charge on any atom is 0.159 e. The largest absolute Gasteiger partial charge is 0.369 e. The van der Waals surface area contributed by atoms with Crippen molar-refractivity contribution in [1.82, 2.24) is 9.97 Å². The summed E-state index contributed by atoms with van der Waals surface area (Å²) in [6.07, 6.45) is 4.39. The molecule has 106 valence electrons. The van der Waals surface area contributed by atoms with Crippen molar-refractivity contribution in [2.24, 2.45) is 0 Å². The van der Waals surface area contributed by atoms with Crippen LogP contribution in [0.2, 0.25) is 0 Å². The van der Waals surface area contributed by atoms with Crippen molar-refractivity contribution in [1.29, 1.82) is 0 Å². The van der Waals surface area contributed by atoms with E-state index in [0.717, 1.165) is 30.5 Å². The predicted octanol–water partition coefficient (Wildman–Crippen LogP) is 3.87. The van der Waals surface area contributed by atoms with Crippen LogP contribution in [-0.2, 0) is 5.75 Å². The number of nitrogens with one attached hydrogen (secondary N) is 1. The molecule has 0 radical (unpaired) electrons. The molecule has 0 spiro atoms. The Labute approximate surface area is 120 Å². The third-order valence-electron chi connectivity index (χ3n) is 2.54. The van der Waals surface area contributed by atoms with Gasteiger partial charge < -0.3 is 5.32 Å². The Balaban J connectivity index is 1.91. The molecule has 0 saturated carbocycles. The molecule has 1 heterocycles. The standard InChI is InChI=1S/C14H15F2N3S/c1-2-5-17-14-8-18-10(7-19-14)9-20-11-3-4-12(15)13(16)6-11/h3-4,6-8H,2,5,9H2,1H3,(H,17,19). The van der Waals surface area contributed by atoms with Crippen molar-refractivity contribution in [3.8, 4) is 0 Å². The van der Waals surface area contributed by atoms with E-state index in [1.807, 2.05) is 0 Å². The Kier molecular flexibility index (Phi) is 5.29. The number of benzene rings is 1. The summed E-state index contributed by atoms with van der Waals surface area (Å²) in [6.45, 7) is 2.94. The first-order chi connectivity index (χ1) is 9.69. The van der Waals surface area contributed by atoms with Crippen LogP contribution in [0.3, 0.4) is 0 Å². The smallest absolute Gasteiger partial charge is 0.159 e.